The van der Waals surface area contributed by atoms with E-state index in [2.05, 4.69) is 10.2 Å². The predicted molar refractivity (Wildman–Crippen MR) is 122 cm³/mol. The van der Waals surface area contributed by atoms with E-state index < -0.39 is 11.2 Å². The van der Waals surface area contributed by atoms with Gasteiger partial charge in [-0.05, 0) is 36.4 Å². The second kappa shape index (κ2) is 8.91. The van der Waals surface area contributed by atoms with Gasteiger partial charge in [0.25, 0.3) is 11.3 Å². The summed E-state index contributed by atoms with van der Waals surface area (Å²) in [6.07, 6.45) is 2.88. The molecule has 10 heteroatoms. The Morgan fingerprint density at radius 3 is 2.62 bits per heavy atom. The van der Waals surface area contributed by atoms with Gasteiger partial charge in [-0.3, -0.25) is 9.59 Å². The lowest BCUT2D eigenvalue weighted by Crippen LogP contribution is -2.41. The molecule has 0 bridgehead atoms. The van der Waals surface area contributed by atoms with E-state index in [1.165, 1.54) is 35.0 Å². The van der Waals surface area contributed by atoms with Crippen molar-refractivity contribution in [2.75, 3.05) is 31.8 Å². The van der Waals surface area contributed by atoms with Crippen molar-refractivity contribution in [1.82, 2.24) is 19.6 Å². The van der Waals surface area contributed by atoms with Crippen LogP contribution >= 0.6 is 0 Å². The van der Waals surface area contributed by atoms with Crippen LogP contribution in [0.2, 0.25) is 0 Å². The Hall–Kier alpha value is -4.31. The van der Waals surface area contributed by atoms with Crippen LogP contribution in [0.25, 0.3) is 22.8 Å². The third-order valence-corrected chi connectivity index (χ3v) is 5.47. The van der Waals surface area contributed by atoms with Crippen molar-refractivity contribution in [2.24, 2.45) is 0 Å². The standard InChI is InChI=1S/C24H20FN5O4/c1-33-21-14-29(19-8-7-17(13-18(19)25)28-11-12-34-15-22(28)31)27-23(24(21)32)20-9-10-26-30(20)16-5-3-2-4-6-16/h2-10,13-14H,11-12,15H2,1H3. The van der Waals surface area contributed by atoms with Crippen molar-refractivity contribution in [3.63, 3.8) is 0 Å². The lowest BCUT2D eigenvalue weighted by molar-refractivity contribution is -0.125. The molecule has 2 aromatic heterocycles. The first-order valence-electron chi connectivity index (χ1n) is 10.5. The first kappa shape index (κ1) is 21.5. The third kappa shape index (κ3) is 3.84. The Morgan fingerprint density at radius 2 is 1.88 bits per heavy atom. The molecule has 0 N–H and O–H groups in total. The second-order valence-corrected chi connectivity index (χ2v) is 7.52. The van der Waals surface area contributed by atoms with Gasteiger partial charge in [-0.25, -0.2) is 13.8 Å². The molecule has 0 unspecified atom stereocenters. The summed E-state index contributed by atoms with van der Waals surface area (Å²) in [6, 6.07) is 15.3. The highest BCUT2D eigenvalue weighted by Crippen LogP contribution is 2.25. The summed E-state index contributed by atoms with van der Waals surface area (Å²) >= 11 is 0. The van der Waals surface area contributed by atoms with Crippen molar-refractivity contribution in [3.05, 3.63) is 83.0 Å². The zero-order valence-corrected chi connectivity index (χ0v) is 18.2. The van der Waals surface area contributed by atoms with Gasteiger partial charge in [-0.15, -0.1) is 0 Å². The monoisotopic (exact) mass is 461 g/mol. The minimum absolute atomic E-state index is 0.00218. The molecule has 1 saturated heterocycles. The van der Waals surface area contributed by atoms with Gasteiger partial charge in [0, 0.05) is 12.2 Å². The Balaban J connectivity index is 1.60. The van der Waals surface area contributed by atoms with E-state index in [1.807, 2.05) is 30.3 Å². The Kier molecular flexibility index (Phi) is 5.64. The van der Waals surface area contributed by atoms with Gasteiger partial charge in [-0.1, -0.05) is 18.2 Å². The van der Waals surface area contributed by atoms with Gasteiger partial charge in [0.15, 0.2) is 17.3 Å². The highest BCUT2D eigenvalue weighted by molar-refractivity contribution is 5.94. The zero-order valence-electron chi connectivity index (χ0n) is 18.2. The van der Waals surface area contributed by atoms with Crippen LogP contribution in [0.15, 0.2) is 71.8 Å². The molecule has 3 heterocycles. The van der Waals surface area contributed by atoms with Gasteiger partial charge in [-0.2, -0.15) is 10.2 Å². The third-order valence-electron chi connectivity index (χ3n) is 5.47. The van der Waals surface area contributed by atoms with Crippen LogP contribution < -0.4 is 15.1 Å². The van der Waals surface area contributed by atoms with Crippen molar-refractivity contribution in [2.45, 2.75) is 0 Å². The molecular formula is C24H20FN5O4. The number of nitrogens with zero attached hydrogens (tertiary/aromatic N) is 5. The molecule has 34 heavy (non-hydrogen) atoms. The lowest BCUT2D eigenvalue weighted by atomic mass is 10.2. The van der Waals surface area contributed by atoms with E-state index in [9.17, 15) is 9.59 Å². The molecule has 1 fully saturated rings. The molecule has 0 aliphatic carbocycles. The van der Waals surface area contributed by atoms with Crippen LogP contribution in [0.3, 0.4) is 0 Å². The Morgan fingerprint density at radius 1 is 1.06 bits per heavy atom. The van der Waals surface area contributed by atoms with Gasteiger partial charge in [0.05, 0.1) is 37.5 Å². The van der Waals surface area contributed by atoms with E-state index in [0.717, 1.165) is 5.69 Å². The molecule has 5 rings (SSSR count). The number of hydrogen-bond acceptors (Lipinski definition) is 6. The summed E-state index contributed by atoms with van der Waals surface area (Å²) in [7, 11) is 1.36. The fourth-order valence-corrected chi connectivity index (χ4v) is 3.80. The average molecular weight is 461 g/mol. The second-order valence-electron chi connectivity index (χ2n) is 7.52. The maximum absolute atomic E-state index is 15.2. The predicted octanol–water partition coefficient (Wildman–Crippen LogP) is 2.60. The number of ether oxygens (including phenoxy) is 2. The SMILES string of the molecule is COc1cn(-c2ccc(N3CCOCC3=O)cc2F)nc(-c2ccnn2-c2ccccc2)c1=O. The lowest BCUT2D eigenvalue weighted by Gasteiger charge is -2.27. The number of morpholine rings is 1. The number of benzene rings is 2. The number of para-hydroxylation sites is 1. The molecule has 9 nitrogen and oxygen atoms in total. The molecular weight excluding hydrogens is 441 g/mol. The average Bonchev–Trinajstić information content (AvgIpc) is 3.35. The molecule has 172 valence electrons. The van der Waals surface area contributed by atoms with Crippen LogP contribution in [-0.2, 0) is 9.53 Å². The summed E-state index contributed by atoms with van der Waals surface area (Å²) in [5.41, 5.74) is 1.28. The van der Waals surface area contributed by atoms with Gasteiger partial charge in [0.2, 0.25) is 0 Å². The maximum atomic E-state index is 15.2. The van der Waals surface area contributed by atoms with Crippen LogP contribution in [-0.4, -0.2) is 52.3 Å². The minimum Gasteiger partial charge on any atom is -0.491 e. The summed E-state index contributed by atoms with van der Waals surface area (Å²) in [6.45, 7) is 0.682. The Bertz CT molecular complexity index is 1420. The highest BCUT2D eigenvalue weighted by atomic mass is 19.1. The number of hydrogen-bond donors (Lipinski definition) is 0. The largest absolute Gasteiger partial charge is 0.491 e. The number of methoxy groups -OCH3 is 1. The van der Waals surface area contributed by atoms with E-state index in [1.54, 1.807) is 23.0 Å². The van der Waals surface area contributed by atoms with E-state index >= 15 is 4.39 Å². The van der Waals surface area contributed by atoms with Gasteiger partial charge < -0.3 is 14.4 Å². The van der Waals surface area contributed by atoms with Crippen molar-refractivity contribution < 1.29 is 18.7 Å². The van der Waals surface area contributed by atoms with Gasteiger partial charge >= 0.3 is 0 Å². The van der Waals surface area contributed by atoms with Crippen LogP contribution in [0, 0.1) is 5.82 Å². The van der Waals surface area contributed by atoms with E-state index in [4.69, 9.17) is 9.47 Å². The summed E-state index contributed by atoms with van der Waals surface area (Å²) in [5, 5.41) is 8.74. The fourth-order valence-electron chi connectivity index (χ4n) is 3.80. The Labute approximate surface area is 193 Å². The van der Waals surface area contributed by atoms with Gasteiger partial charge in [0.1, 0.15) is 12.3 Å². The topological polar surface area (TPSA) is 91.5 Å². The molecule has 0 radical (unpaired) electrons. The summed E-state index contributed by atoms with van der Waals surface area (Å²) in [4.78, 5) is 26.6. The summed E-state index contributed by atoms with van der Waals surface area (Å²) < 4.78 is 28.4. The number of rotatable bonds is 5. The zero-order chi connectivity index (χ0) is 23.7. The molecule has 1 aliphatic rings. The smallest absolute Gasteiger partial charge is 0.253 e. The van der Waals surface area contributed by atoms with E-state index in [-0.39, 0.29) is 29.6 Å². The quantitative estimate of drug-likeness (QED) is 0.454. The number of aromatic nitrogens is 4. The van der Waals surface area contributed by atoms with Crippen molar-refractivity contribution in [1.29, 1.82) is 0 Å². The fraction of sp³-hybridized carbons (Fsp3) is 0.167. The van der Waals surface area contributed by atoms with Crippen molar-refractivity contribution in [3.8, 4) is 28.5 Å². The summed E-state index contributed by atoms with van der Waals surface area (Å²) in [5.74, 6) is -0.854. The molecule has 0 saturated carbocycles. The van der Waals surface area contributed by atoms with Crippen LogP contribution in [0.5, 0.6) is 5.75 Å². The highest BCUT2D eigenvalue weighted by Gasteiger charge is 2.22. The molecule has 2 aromatic carbocycles. The first-order chi connectivity index (χ1) is 16.6. The number of amides is 1. The maximum Gasteiger partial charge on any atom is 0.253 e. The molecule has 1 aliphatic heterocycles. The number of anilines is 1. The molecule has 4 aromatic rings. The first-order valence-corrected chi connectivity index (χ1v) is 10.5. The molecule has 0 atom stereocenters. The molecule has 1 amide bonds. The van der Waals surface area contributed by atoms with Crippen LogP contribution in [0.1, 0.15) is 0 Å². The number of halogens is 1. The van der Waals surface area contributed by atoms with Crippen molar-refractivity contribution >= 4 is 11.6 Å². The normalized spacial score (nSPS) is 13.8. The number of carbonyl (C=O) groups excluding carboxylic acids is 1. The van der Waals surface area contributed by atoms with E-state index in [0.29, 0.717) is 24.5 Å². The minimum atomic E-state index is -0.613. The van der Waals surface area contributed by atoms with Crippen LogP contribution in [0.4, 0.5) is 10.1 Å². The number of carbonyl (C=O) groups is 1. The molecule has 0 spiro atoms.